The fourth-order valence-corrected chi connectivity index (χ4v) is 2.91. The van der Waals surface area contributed by atoms with Gasteiger partial charge in [-0.05, 0) is 46.6 Å². The van der Waals surface area contributed by atoms with E-state index in [1.807, 2.05) is 54.9 Å². The van der Waals surface area contributed by atoms with Gasteiger partial charge in [0, 0.05) is 25.5 Å². The highest BCUT2D eigenvalue weighted by Crippen LogP contribution is 2.22. The Kier molecular flexibility index (Phi) is 10.1. The molecule has 8 heteroatoms. The number of nitrogens with zero attached hydrogens (tertiary/aromatic N) is 2. The van der Waals surface area contributed by atoms with E-state index >= 15 is 0 Å². The van der Waals surface area contributed by atoms with Crippen molar-refractivity contribution in [3.8, 4) is 0 Å². The molecule has 2 aromatic rings. The first kappa shape index (κ1) is 26.5. The van der Waals surface area contributed by atoms with E-state index in [0.717, 1.165) is 18.5 Å². The van der Waals surface area contributed by atoms with Crippen LogP contribution in [0.1, 0.15) is 46.6 Å². The zero-order chi connectivity index (χ0) is 24.3. The monoisotopic (exact) mass is 459 g/mol. The van der Waals surface area contributed by atoms with Crippen LogP contribution in [-0.2, 0) is 37.0 Å². The van der Waals surface area contributed by atoms with E-state index in [1.54, 1.807) is 33.3 Å². The second-order valence-corrected chi connectivity index (χ2v) is 9.19. The van der Waals surface area contributed by atoms with Crippen LogP contribution in [0.3, 0.4) is 0 Å². The first-order chi connectivity index (χ1) is 15.6. The normalized spacial score (nSPS) is 13.5. The van der Waals surface area contributed by atoms with Crippen LogP contribution in [0.2, 0.25) is 0 Å². The van der Waals surface area contributed by atoms with Crippen molar-refractivity contribution < 1.29 is 23.8 Å². The van der Waals surface area contributed by atoms with Gasteiger partial charge in [-0.15, -0.1) is 0 Å². The first-order valence-corrected chi connectivity index (χ1v) is 11.3. The Morgan fingerprint density at radius 2 is 1.85 bits per heavy atom. The van der Waals surface area contributed by atoms with Crippen molar-refractivity contribution in [3.05, 3.63) is 54.6 Å². The number of rotatable bonds is 14. The SMILES string of the molecule is CC(C)OCC(C)(COC(=O)C(C)(C)OCc1ccccc1)C(=O)NCCCn1ccnc1. The van der Waals surface area contributed by atoms with Gasteiger partial charge in [-0.3, -0.25) is 4.79 Å². The number of aromatic nitrogens is 2. The molecule has 0 radical (unpaired) electrons. The maximum Gasteiger partial charge on any atom is 0.337 e. The zero-order valence-corrected chi connectivity index (χ0v) is 20.4. The van der Waals surface area contributed by atoms with Crippen LogP contribution in [0.4, 0.5) is 0 Å². The number of hydrogen-bond acceptors (Lipinski definition) is 6. The summed E-state index contributed by atoms with van der Waals surface area (Å²) in [6.07, 6.45) is 6.04. The Morgan fingerprint density at radius 1 is 1.12 bits per heavy atom. The third kappa shape index (κ3) is 8.98. The van der Waals surface area contributed by atoms with E-state index in [1.165, 1.54) is 0 Å². The number of carbonyl (C=O) groups is 2. The fourth-order valence-electron chi connectivity index (χ4n) is 2.91. The smallest absolute Gasteiger partial charge is 0.337 e. The van der Waals surface area contributed by atoms with Gasteiger partial charge < -0.3 is 24.1 Å². The Balaban J connectivity index is 1.89. The molecule has 1 amide bonds. The topological polar surface area (TPSA) is 91.7 Å². The summed E-state index contributed by atoms with van der Waals surface area (Å²) in [6, 6.07) is 9.61. The predicted molar refractivity (Wildman–Crippen MR) is 125 cm³/mol. The Hall–Kier alpha value is -2.71. The van der Waals surface area contributed by atoms with Crippen molar-refractivity contribution in [1.29, 1.82) is 0 Å². The Labute approximate surface area is 196 Å². The lowest BCUT2D eigenvalue weighted by Crippen LogP contribution is -2.48. The Morgan fingerprint density at radius 3 is 2.48 bits per heavy atom. The first-order valence-electron chi connectivity index (χ1n) is 11.3. The van der Waals surface area contributed by atoms with E-state index in [-0.39, 0.29) is 31.8 Å². The number of nitrogens with one attached hydrogen (secondary N) is 1. The number of hydrogen-bond donors (Lipinski definition) is 1. The summed E-state index contributed by atoms with van der Waals surface area (Å²) >= 11 is 0. The van der Waals surface area contributed by atoms with E-state index < -0.39 is 17.0 Å². The number of amides is 1. The number of imidazole rings is 1. The lowest BCUT2D eigenvalue weighted by atomic mass is 9.91. The molecule has 0 fully saturated rings. The summed E-state index contributed by atoms with van der Waals surface area (Å²) in [4.78, 5) is 29.7. The number of benzene rings is 1. The second kappa shape index (κ2) is 12.5. The highest BCUT2D eigenvalue weighted by atomic mass is 16.6. The molecule has 8 nitrogen and oxygen atoms in total. The molecule has 2 rings (SSSR count). The molecule has 0 saturated carbocycles. The molecule has 1 aromatic heterocycles. The number of aryl methyl sites for hydroxylation is 1. The van der Waals surface area contributed by atoms with Crippen LogP contribution < -0.4 is 5.32 Å². The minimum atomic E-state index is -1.16. The standard InChI is InChI=1S/C25H37N3O5/c1-20(2)31-17-25(5,22(29)27-12-9-14-28-15-13-26-19-28)18-32-23(30)24(3,4)33-16-21-10-7-6-8-11-21/h6-8,10-11,13,15,19-20H,9,12,14,16-18H2,1-5H3,(H,27,29). The summed E-state index contributed by atoms with van der Waals surface area (Å²) in [5, 5.41) is 2.94. The molecule has 1 heterocycles. The van der Waals surface area contributed by atoms with Crippen LogP contribution >= 0.6 is 0 Å². The van der Waals surface area contributed by atoms with Gasteiger partial charge in [0.15, 0.2) is 5.60 Å². The van der Waals surface area contributed by atoms with Gasteiger partial charge in [-0.1, -0.05) is 30.3 Å². The van der Waals surface area contributed by atoms with Gasteiger partial charge in [0.2, 0.25) is 5.91 Å². The van der Waals surface area contributed by atoms with Crippen molar-refractivity contribution >= 4 is 11.9 Å². The Bertz CT molecular complexity index is 852. The molecule has 0 aliphatic rings. The maximum atomic E-state index is 13.0. The largest absolute Gasteiger partial charge is 0.462 e. The molecule has 0 bridgehead atoms. The average molecular weight is 460 g/mol. The number of ether oxygens (including phenoxy) is 3. The highest BCUT2D eigenvalue weighted by molar-refractivity contribution is 5.83. The second-order valence-electron chi connectivity index (χ2n) is 9.19. The van der Waals surface area contributed by atoms with Crippen LogP contribution in [-0.4, -0.2) is 52.9 Å². The third-order valence-electron chi connectivity index (χ3n) is 5.18. The molecule has 0 spiro atoms. The minimum absolute atomic E-state index is 0.0558. The van der Waals surface area contributed by atoms with E-state index in [4.69, 9.17) is 14.2 Å². The predicted octanol–water partition coefficient (Wildman–Crippen LogP) is 3.36. The molecule has 1 unspecified atom stereocenters. The molecule has 0 aliphatic heterocycles. The molecule has 182 valence electrons. The number of esters is 1. The average Bonchev–Trinajstić information content (AvgIpc) is 3.31. The molecule has 1 N–H and O–H groups in total. The van der Waals surface area contributed by atoms with Gasteiger partial charge in [-0.2, -0.15) is 0 Å². The summed E-state index contributed by atoms with van der Waals surface area (Å²) < 4.78 is 19.0. The lowest BCUT2D eigenvalue weighted by Gasteiger charge is -2.30. The van der Waals surface area contributed by atoms with Gasteiger partial charge in [-0.25, -0.2) is 9.78 Å². The molecular formula is C25H37N3O5. The van der Waals surface area contributed by atoms with Gasteiger partial charge in [0.05, 0.1) is 25.6 Å². The molecule has 0 aliphatic carbocycles. The van der Waals surface area contributed by atoms with Crippen LogP contribution in [0.5, 0.6) is 0 Å². The van der Waals surface area contributed by atoms with Crippen molar-refractivity contribution in [2.24, 2.45) is 5.41 Å². The van der Waals surface area contributed by atoms with Crippen molar-refractivity contribution in [2.45, 2.75) is 65.9 Å². The van der Waals surface area contributed by atoms with Crippen molar-refractivity contribution in [3.63, 3.8) is 0 Å². The van der Waals surface area contributed by atoms with Crippen LogP contribution in [0.15, 0.2) is 49.1 Å². The van der Waals surface area contributed by atoms with Gasteiger partial charge in [0.25, 0.3) is 0 Å². The number of carbonyl (C=O) groups excluding carboxylic acids is 2. The van der Waals surface area contributed by atoms with Crippen molar-refractivity contribution in [1.82, 2.24) is 14.9 Å². The quantitative estimate of drug-likeness (QED) is 0.344. The summed E-state index contributed by atoms with van der Waals surface area (Å²) in [7, 11) is 0. The van der Waals surface area contributed by atoms with E-state index in [2.05, 4.69) is 10.3 Å². The van der Waals surface area contributed by atoms with E-state index in [9.17, 15) is 9.59 Å². The van der Waals surface area contributed by atoms with Crippen LogP contribution in [0.25, 0.3) is 0 Å². The minimum Gasteiger partial charge on any atom is -0.462 e. The summed E-state index contributed by atoms with van der Waals surface area (Å²) in [6.45, 7) is 10.4. The molecule has 0 saturated heterocycles. The maximum absolute atomic E-state index is 13.0. The van der Waals surface area contributed by atoms with Gasteiger partial charge in [0.1, 0.15) is 12.0 Å². The lowest BCUT2D eigenvalue weighted by molar-refractivity contribution is -0.175. The molecule has 1 aromatic carbocycles. The van der Waals surface area contributed by atoms with Crippen LogP contribution in [0, 0.1) is 5.41 Å². The zero-order valence-electron chi connectivity index (χ0n) is 20.4. The summed E-state index contributed by atoms with van der Waals surface area (Å²) in [5.41, 5.74) is -1.22. The van der Waals surface area contributed by atoms with Gasteiger partial charge >= 0.3 is 5.97 Å². The van der Waals surface area contributed by atoms with E-state index in [0.29, 0.717) is 6.54 Å². The summed E-state index contributed by atoms with van der Waals surface area (Å²) in [5.74, 6) is -0.744. The highest BCUT2D eigenvalue weighted by Gasteiger charge is 2.38. The fraction of sp³-hybridized carbons (Fsp3) is 0.560. The molecule has 33 heavy (non-hydrogen) atoms. The van der Waals surface area contributed by atoms with Crippen molar-refractivity contribution in [2.75, 3.05) is 19.8 Å². The molecule has 1 atom stereocenters. The third-order valence-corrected chi connectivity index (χ3v) is 5.18. The molecular weight excluding hydrogens is 422 g/mol.